The van der Waals surface area contributed by atoms with Gasteiger partial charge in [0.1, 0.15) is 10.7 Å². The fourth-order valence-electron chi connectivity index (χ4n) is 3.34. The molecule has 0 fully saturated rings. The van der Waals surface area contributed by atoms with E-state index in [1.807, 2.05) is 44.2 Å². The van der Waals surface area contributed by atoms with Gasteiger partial charge in [0, 0.05) is 30.8 Å². The number of aromatic nitrogens is 1. The fraction of sp³-hybridized carbons (Fsp3) is 0.500. The SMILES string of the molecule is CC(=O)OC(CC(N)C(C)C)c1nc(C(=O)N[C@@H](Cc2ccccc2)CC(C)C(=O)O)cs1. The van der Waals surface area contributed by atoms with Crippen LogP contribution in [0.2, 0.25) is 0 Å². The number of hydrogen-bond donors (Lipinski definition) is 3. The number of nitrogens with two attached hydrogens (primary N) is 1. The Labute approximate surface area is 198 Å². The van der Waals surface area contributed by atoms with Crippen molar-refractivity contribution in [2.24, 2.45) is 17.6 Å². The molecule has 1 aromatic carbocycles. The summed E-state index contributed by atoms with van der Waals surface area (Å²) >= 11 is 1.23. The molecular formula is C24H33N3O5S. The zero-order valence-corrected chi connectivity index (χ0v) is 20.3. The number of carbonyl (C=O) groups excluding carboxylic acids is 2. The van der Waals surface area contributed by atoms with Crippen molar-refractivity contribution >= 4 is 29.2 Å². The van der Waals surface area contributed by atoms with E-state index >= 15 is 0 Å². The third kappa shape index (κ3) is 8.58. The van der Waals surface area contributed by atoms with Gasteiger partial charge in [-0.2, -0.15) is 0 Å². The quantitative estimate of drug-likeness (QED) is 0.400. The molecule has 1 amide bonds. The molecule has 0 aliphatic rings. The molecule has 0 saturated heterocycles. The lowest BCUT2D eigenvalue weighted by Crippen LogP contribution is -2.38. The van der Waals surface area contributed by atoms with Gasteiger partial charge < -0.3 is 20.9 Å². The maximum atomic E-state index is 12.9. The van der Waals surface area contributed by atoms with Crippen LogP contribution in [-0.2, 0) is 20.7 Å². The number of carboxylic acid groups (broad SMARTS) is 1. The predicted octanol–water partition coefficient (Wildman–Crippen LogP) is 3.57. The van der Waals surface area contributed by atoms with E-state index in [0.29, 0.717) is 17.8 Å². The van der Waals surface area contributed by atoms with Crippen molar-refractivity contribution in [2.45, 2.75) is 65.1 Å². The highest BCUT2D eigenvalue weighted by molar-refractivity contribution is 7.09. The summed E-state index contributed by atoms with van der Waals surface area (Å²) in [6.07, 6.45) is 0.560. The number of aliphatic carboxylic acids is 1. The van der Waals surface area contributed by atoms with Gasteiger partial charge in [-0.15, -0.1) is 11.3 Å². The molecule has 33 heavy (non-hydrogen) atoms. The Balaban J connectivity index is 2.16. The summed E-state index contributed by atoms with van der Waals surface area (Å²) in [5, 5.41) is 14.4. The number of hydrogen-bond acceptors (Lipinski definition) is 7. The molecule has 3 unspecified atom stereocenters. The second kappa shape index (κ2) is 12.5. The monoisotopic (exact) mass is 475 g/mol. The first-order chi connectivity index (χ1) is 15.6. The number of carbonyl (C=O) groups is 3. The number of amides is 1. The second-order valence-electron chi connectivity index (χ2n) is 8.65. The third-order valence-electron chi connectivity index (χ3n) is 5.40. The van der Waals surface area contributed by atoms with E-state index < -0.39 is 29.9 Å². The van der Waals surface area contributed by atoms with Crippen LogP contribution < -0.4 is 11.1 Å². The Morgan fingerprint density at radius 3 is 2.39 bits per heavy atom. The molecule has 0 radical (unpaired) electrons. The molecule has 0 bridgehead atoms. The highest BCUT2D eigenvalue weighted by Crippen LogP contribution is 2.28. The number of thiazole rings is 1. The first-order valence-corrected chi connectivity index (χ1v) is 11.9. The highest BCUT2D eigenvalue weighted by atomic mass is 32.1. The maximum absolute atomic E-state index is 12.9. The Morgan fingerprint density at radius 1 is 1.15 bits per heavy atom. The van der Waals surface area contributed by atoms with Crippen LogP contribution in [0.5, 0.6) is 0 Å². The van der Waals surface area contributed by atoms with Crippen LogP contribution in [0.4, 0.5) is 0 Å². The lowest BCUT2D eigenvalue weighted by atomic mass is 9.96. The number of rotatable bonds is 12. The van der Waals surface area contributed by atoms with Gasteiger partial charge in [0.25, 0.3) is 5.91 Å². The van der Waals surface area contributed by atoms with Crippen LogP contribution in [0.15, 0.2) is 35.7 Å². The summed E-state index contributed by atoms with van der Waals surface area (Å²) in [4.78, 5) is 40.3. The average Bonchev–Trinajstić information content (AvgIpc) is 3.23. The molecule has 180 valence electrons. The van der Waals surface area contributed by atoms with E-state index in [1.165, 1.54) is 18.3 Å². The molecule has 0 spiro atoms. The van der Waals surface area contributed by atoms with Gasteiger partial charge >= 0.3 is 11.9 Å². The summed E-state index contributed by atoms with van der Waals surface area (Å²) in [7, 11) is 0. The van der Waals surface area contributed by atoms with Gasteiger partial charge in [-0.1, -0.05) is 51.1 Å². The molecule has 4 N–H and O–H groups in total. The normalized spacial score (nSPS) is 14.8. The largest absolute Gasteiger partial charge is 0.481 e. The molecule has 0 saturated carbocycles. The number of benzene rings is 1. The van der Waals surface area contributed by atoms with E-state index in [0.717, 1.165) is 5.56 Å². The van der Waals surface area contributed by atoms with E-state index in [1.54, 1.807) is 12.3 Å². The minimum absolute atomic E-state index is 0.191. The molecule has 9 heteroatoms. The van der Waals surface area contributed by atoms with Gasteiger partial charge in [0.15, 0.2) is 6.10 Å². The first-order valence-electron chi connectivity index (χ1n) is 11.0. The fourth-order valence-corrected chi connectivity index (χ4v) is 4.18. The van der Waals surface area contributed by atoms with Gasteiger partial charge in [-0.05, 0) is 24.3 Å². The Hall–Kier alpha value is -2.78. The van der Waals surface area contributed by atoms with Crippen LogP contribution in [0.3, 0.4) is 0 Å². The lowest BCUT2D eigenvalue weighted by Gasteiger charge is -2.21. The maximum Gasteiger partial charge on any atom is 0.306 e. The van der Waals surface area contributed by atoms with Crippen molar-refractivity contribution in [2.75, 3.05) is 0 Å². The molecule has 1 heterocycles. The standard InChI is InChI=1S/C24H33N3O5S/c1-14(2)19(25)12-21(32-16(4)28)23-27-20(13-33-23)22(29)26-18(10-15(3)24(30)31)11-17-8-6-5-7-9-17/h5-9,13-15,18-19,21H,10-12,25H2,1-4H3,(H,26,29)(H,30,31)/t15?,18-,19?,21?/m1/s1. The number of carboxylic acids is 1. The van der Waals surface area contributed by atoms with Crippen LogP contribution >= 0.6 is 11.3 Å². The van der Waals surface area contributed by atoms with Crippen LogP contribution in [0, 0.1) is 11.8 Å². The molecule has 0 aliphatic heterocycles. The van der Waals surface area contributed by atoms with Crippen molar-refractivity contribution in [3.63, 3.8) is 0 Å². The van der Waals surface area contributed by atoms with E-state index in [4.69, 9.17) is 10.5 Å². The van der Waals surface area contributed by atoms with Gasteiger partial charge in [0.2, 0.25) is 0 Å². The summed E-state index contributed by atoms with van der Waals surface area (Å²) in [6, 6.07) is 9.01. The van der Waals surface area contributed by atoms with E-state index in [2.05, 4.69) is 10.3 Å². The number of esters is 1. The van der Waals surface area contributed by atoms with Crippen molar-refractivity contribution in [1.29, 1.82) is 0 Å². The summed E-state index contributed by atoms with van der Waals surface area (Å²) in [5.74, 6) is -2.17. The average molecular weight is 476 g/mol. The summed E-state index contributed by atoms with van der Waals surface area (Å²) in [5.41, 5.74) is 7.36. The van der Waals surface area contributed by atoms with E-state index in [9.17, 15) is 19.5 Å². The Kier molecular flexibility index (Phi) is 9.99. The van der Waals surface area contributed by atoms with Gasteiger partial charge in [0.05, 0.1) is 5.92 Å². The molecular weight excluding hydrogens is 442 g/mol. The minimum atomic E-state index is -0.913. The minimum Gasteiger partial charge on any atom is -0.481 e. The van der Waals surface area contributed by atoms with Crippen molar-refractivity contribution in [3.8, 4) is 0 Å². The number of ether oxygens (including phenoxy) is 1. The van der Waals surface area contributed by atoms with E-state index in [-0.39, 0.29) is 30.1 Å². The summed E-state index contributed by atoms with van der Waals surface area (Å²) < 4.78 is 5.42. The molecule has 2 rings (SSSR count). The van der Waals surface area contributed by atoms with Crippen LogP contribution in [-0.4, -0.2) is 40.0 Å². The second-order valence-corrected chi connectivity index (χ2v) is 9.54. The molecule has 8 nitrogen and oxygen atoms in total. The topological polar surface area (TPSA) is 132 Å². The predicted molar refractivity (Wildman–Crippen MR) is 127 cm³/mol. The van der Waals surface area contributed by atoms with Gasteiger partial charge in [-0.3, -0.25) is 14.4 Å². The smallest absolute Gasteiger partial charge is 0.306 e. The Bertz CT molecular complexity index is 931. The zero-order chi connectivity index (χ0) is 24.5. The third-order valence-corrected chi connectivity index (χ3v) is 6.34. The molecule has 4 atom stereocenters. The molecule has 2 aromatic rings. The Morgan fingerprint density at radius 2 is 1.82 bits per heavy atom. The summed E-state index contributed by atoms with van der Waals surface area (Å²) in [6.45, 7) is 6.92. The zero-order valence-electron chi connectivity index (χ0n) is 19.5. The van der Waals surface area contributed by atoms with Crippen molar-refractivity contribution in [1.82, 2.24) is 10.3 Å². The molecule has 1 aromatic heterocycles. The molecule has 0 aliphatic carbocycles. The number of nitrogens with one attached hydrogen (secondary N) is 1. The van der Waals surface area contributed by atoms with Crippen LogP contribution in [0.1, 0.15) is 67.7 Å². The van der Waals surface area contributed by atoms with Crippen molar-refractivity contribution in [3.05, 3.63) is 52.0 Å². The number of nitrogens with zero attached hydrogens (tertiary/aromatic N) is 1. The van der Waals surface area contributed by atoms with Crippen LogP contribution in [0.25, 0.3) is 0 Å². The van der Waals surface area contributed by atoms with Crippen molar-refractivity contribution < 1.29 is 24.2 Å². The lowest BCUT2D eigenvalue weighted by molar-refractivity contribution is -0.147. The van der Waals surface area contributed by atoms with Gasteiger partial charge in [-0.25, -0.2) is 4.98 Å². The highest BCUT2D eigenvalue weighted by Gasteiger charge is 2.26. The first kappa shape index (κ1) is 26.5.